The van der Waals surface area contributed by atoms with E-state index in [1.807, 2.05) is 18.2 Å². The summed E-state index contributed by atoms with van der Waals surface area (Å²) >= 11 is 0. The van der Waals surface area contributed by atoms with Gasteiger partial charge in [0, 0.05) is 11.1 Å². The van der Waals surface area contributed by atoms with Crippen molar-refractivity contribution in [2.45, 2.75) is 13.2 Å². The Kier molecular flexibility index (Phi) is 5.49. The van der Waals surface area contributed by atoms with Crippen LogP contribution in [0.3, 0.4) is 0 Å². The van der Waals surface area contributed by atoms with Crippen LogP contribution in [0.1, 0.15) is 22.8 Å². The first-order chi connectivity index (χ1) is 10.2. The summed E-state index contributed by atoms with van der Waals surface area (Å²) in [7, 11) is 0. The van der Waals surface area contributed by atoms with Gasteiger partial charge in [-0.15, -0.1) is 0 Å². The van der Waals surface area contributed by atoms with E-state index in [2.05, 4.69) is 0 Å². The van der Waals surface area contributed by atoms with E-state index < -0.39 is 6.29 Å². The largest absolute Gasteiger partial charge is 0.465 e. The predicted octanol–water partition coefficient (Wildman–Crippen LogP) is 2.65. The summed E-state index contributed by atoms with van der Waals surface area (Å²) < 4.78 is 10.7. The summed E-state index contributed by atoms with van der Waals surface area (Å²) in [6, 6.07) is 16.0. The summed E-state index contributed by atoms with van der Waals surface area (Å²) in [5.74, 6) is 0.594. The highest BCUT2D eigenvalue weighted by Gasteiger charge is 2.09. The summed E-state index contributed by atoms with van der Waals surface area (Å²) in [6.07, 6.45) is -0.451. The maximum atomic E-state index is 12.2. The lowest BCUT2D eigenvalue weighted by molar-refractivity contribution is -0.0760. The molecular weight excluding hydrogens is 268 g/mol. The van der Waals surface area contributed by atoms with E-state index in [9.17, 15) is 4.79 Å². The second kappa shape index (κ2) is 7.57. The van der Waals surface area contributed by atoms with Crippen LogP contribution in [0.4, 0.5) is 0 Å². The molecule has 21 heavy (non-hydrogen) atoms. The molecule has 0 radical (unpaired) electrons. The van der Waals surface area contributed by atoms with Gasteiger partial charge in [-0.1, -0.05) is 30.3 Å². The van der Waals surface area contributed by atoms with Crippen molar-refractivity contribution in [1.29, 1.82) is 0 Å². The number of aliphatic hydroxyl groups is 1. The van der Waals surface area contributed by atoms with Gasteiger partial charge < -0.3 is 14.6 Å². The molecule has 0 saturated heterocycles. The second-order valence-electron chi connectivity index (χ2n) is 4.50. The van der Waals surface area contributed by atoms with Crippen LogP contribution in [0, 0.1) is 0 Å². The van der Waals surface area contributed by atoms with Gasteiger partial charge in [0.05, 0.1) is 13.2 Å². The Labute approximate surface area is 123 Å². The van der Waals surface area contributed by atoms with Crippen LogP contribution < -0.4 is 4.74 Å². The fourth-order valence-electron chi connectivity index (χ4n) is 1.89. The Balaban J connectivity index is 2.00. The summed E-state index contributed by atoms with van der Waals surface area (Å²) in [6.45, 7) is 1.93. The van der Waals surface area contributed by atoms with Gasteiger partial charge in [0.15, 0.2) is 12.1 Å². The SMILES string of the molecule is CC(OCCO)Oc1ccc(C(=O)c2ccccc2)cc1. The molecule has 0 aliphatic carbocycles. The molecule has 0 saturated carbocycles. The van der Waals surface area contributed by atoms with Gasteiger partial charge in [-0.25, -0.2) is 0 Å². The number of hydrogen-bond donors (Lipinski definition) is 1. The molecule has 1 N–H and O–H groups in total. The Morgan fingerprint density at radius 1 is 1.05 bits per heavy atom. The number of ether oxygens (including phenoxy) is 2. The smallest absolute Gasteiger partial charge is 0.197 e. The molecule has 4 heteroatoms. The average molecular weight is 286 g/mol. The van der Waals surface area contributed by atoms with E-state index >= 15 is 0 Å². The number of benzene rings is 2. The van der Waals surface area contributed by atoms with Crippen molar-refractivity contribution < 1.29 is 19.4 Å². The zero-order chi connectivity index (χ0) is 15.1. The van der Waals surface area contributed by atoms with Crippen LogP contribution in [-0.4, -0.2) is 30.4 Å². The summed E-state index contributed by atoms with van der Waals surface area (Å²) in [4.78, 5) is 12.2. The fraction of sp³-hybridized carbons (Fsp3) is 0.235. The molecule has 4 nitrogen and oxygen atoms in total. The van der Waals surface area contributed by atoms with Gasteiger partial charge in [-0.3, -0.25) is 4.79 Å². The second-order valence-corrected chi connectivity index (χ2v) is 4.50. The quantitative estimate of drug-likeness (QED) is 0.628. The third-order valence-corrected chi connectivity index (χ3v) is 2.90. The fourth-order valence-corrected chi connectivity index (χ4v) is 1.89. The molecule has 0 amide bonds. The van der Waals surface area contributed by atoms with Crippen LogP contribution in [0.25, 0.3) is 0 Å². The topological polar surface area (TPSA) is 55.8 Å². The van der Waals surface area contributed by atoms with Crippen molar-refractivity contribution in [3.63, 3.8) is 0 Å². The van der Waals surface area contributed by atoms with E-state index in [-0.39, 0.29) is 19.0 Å². The molecule has 0 aliphatic heterocycles. The monoisotopic (exact) mass is 286 g/mol. The highest BCUT2D eigenvalue weighted by Crippen LogP contribution is 2.16. The Morgan fingerprint density at radius 2 is 1.67 bits per heavy atom. The standard InChI is InChI=1S/C17H18O4/c1-13(20-12-11-18)21-16-9-7-15(8-10-16)17(19)14-5-3-2-4-6-14/h2-10,13,18H,11-12H2,1H3. The molecule has 1 unspecified atom stereocenters. The first kappa shape index (κ1) is 15.2. The first-order valence-corrected chi connectivity index (χ1v) is 6.79. The molecule has 2 aromatic rings. The lowest BCUT2D eigenvalue weighted by Crippen LogP contribution is -2.18. The van der Waals surface area contributed by atoms with Crippen LogP contribution in [0.5, 0.6) is 5.75 Å². The zero-order valence-corrected chi connectivity index (χ0v) is 11.9. The summed E-state index contributed by atoms with van der Waals surface area (Å²) in [5, 5.41) is 8.67. The average Bonchev–Trinajstić information content (AvgIpc) is 2.54. The normalized spacial score (nSPS) is 11.9. The van der Waals surface area contributed by atoms with E-state index in [1.165, 1.54) is 0 Å². The van der Waals surface area contributed by atoms with E-state index in [1.54, 1.807) is 43.3 Å². The van der Waals surface area contributed by atoms with Crippen LogP contribution in [-0.2, 0) is 4.74 Å². The van der Waals surface area contributed by atoms with E-state index in [0.717, 1.165) is 0 Å². The molecule has 0 aliphatic rings. The molecular formula is C17H18O4. The zero-order valence-electron chi connectivity index (χ0n) is 11.9. The molecule has 110 valence electrons. The predicted molar refractivity (Wildman–Crippen MR) is 79.4 cm³/mol. The number of carbonyl (C=O) groups excluding carboxylic acids is 1. The van der Waals surface area contributed by atoms with Gasteiger partial charge in [-0.05, 0) is 31.2 Å². The van der Waals surface area contributed by atoms with Gasteiger partial charge in [0.1, 0.15) is 5.75 Å². The third kappa shape index (κ3) is 4.41. The number of carbonyl (C=O) groups is 1. The minimum absolute atomic E-state index is 0.0215. The van der Waals surface area contributed by atoms with Crippen molar-refractivity contribution >= 4 is 5.78 Å². The maximum Gasteiger partial charge on any atom is 0.197 e. The molecule has 0 bridgehead atoms. The molecule has 2 rings (SSSR count). The number of hydrogen-bond acceptors (Lipinski definition) is 4. The minimum Gasteiger partial charge on any atom is -0.465 e. The van der Waals surface area contributed by atoms with Gasteiger partial charge in [-0.2, -0.15) is 0 Å². The lowest BCUT2D eigenvalue weighted by Gasteiger charge is -2.14. The lowest BCUT2D eigenvalue weighted by atomic mass is 10.0. The van der Waals surface area contributed by atoms with Crippen molar-refractivity contribution in [3.8, 4) is 5.75 Å². The minimum atomic E-state index is -0.451. The van der Waals surface area contributed by atoms with Gasteiger partial charge in [0.2, 0.25) is 0 Å². The third-order valence-electron chi connectivity index (χ3n) is 2.90. The van der Waals surface area contributed by atoms with Crippen LogP contribution in [0.2, 0.25) is 0 Å². The van der Waals surface area contributed by atoms with Crippen molar-refractivity contribution in [3.05, 3.63) is 65.7 Å². The van der Waals surface area contributed by atoms with E-state index in [4.69, 9.17) is 14.6 Å². The summed E-state index contributed by atoms with van der Waals surface area (Å²) in [5.41, 5.74) is 1.27. The van der Waals surface area contributed by atoms with Gasteiger partial charge >= 0.3 is 0 Å². The van der Waals surface area contributed by atoms with Gasteiger partial charge in [0.25, 0.3) is 0 Å². The maximum absolute atomic E-state index is 12.2. The van der Waals surface area contributed by atoms with E-state index in [0.29, 0.717) is 16.9 Å². The number of rotatable bonds is 7. The Morgan fingerprint density at radius 3 is 2.29 bits per heavy atom. The highest BCUT2D eigenvalue weighted by atomic mass is 16.7. The molecule has 2 aromatic carbocycles. The van der Waals surface area contributed by atoms with Crippen LogP contribution >= 0.6 is 0 Å². The molecule has 0 aromatic heterocycles. The Bertz CT molecular complexity index is 563. The molecule has 0 spiro atoms. The molecule has 0 fully saturated rings. The highest BCUT2D eigenvalue weighted by molar-refractivity contribution is 6.08. The van der Waals surface area contributed by atoms with Crippen molar-refractivity contribution in [1.82, 2.24) is 0 Å². The van der Waals surface area contributed by atoms with Crippen LogP contribution in [0.15, 0.2) is 54.6 Å². The number of aliphatic hydroxyl groups excluding tert-OH is 1. The van der Waals surface area contributed by atoms with Crippen molar-refractivity contribution in [2.24, 2.45) is 0 Å². The Hall–Kier alpha value is -2.17. The molecule has 1 atom stereocenters. The van der Waals surface area contributed by atoms with Crippen molar-refractivity contribution in [2.75, 3.05) is 13.2 Å². The number of ketones is 1. The molecule has 0 heterocycles. The first-order valence-electron chi connectivity index (χ1n) is 6.79.